The van der Waals surface area contributed by atoms with E-state index in [1.165, 1.54) is 24.0 Å². The zero-order valence-electron chi connectivity index (χ0n) is 12.5. The van der Waals surface area contributed by atoms with Gasteiger partial charge >= 0.3 is 0 Å². The van der Waals surface area contributed by atoms with E-state index in [1.807, 2.05) is 5.01 Å². The van der Waals surface area contributed by atoms with Gasteiger partial charge in [0.2, 0.25) is 0 Å². The van der Waals surface area contributed by atoms with Crippen LogP contribution >= 0.6 is 12.2 Å². The zero-order valence-corrected chi connectivity index (χ0v) is 13.3. The predicted molar refractivity (Wildman–Crippen MR) is 87.6 cm³/mol. The van der Waals surface area contributed by atoms with Crippen LogP contribution in [0.25, 0.3) is 0 Å². The number of hydrogen-bond donors (Lipinski definition) is 2. The Kier molecular flexibility index (Phi) is 3.46. The summed E-state index contributed by atoms with van der Waals surface area (Å²) in [7, 11) is 0. The topological polar surface area (TPSA) is 27.3 Å². The van der Waals surface area contributed by atoms with Crippen molar-refractivity contribution in [2.75, 3.05) is 5.01 Å². The summed E-state index contributed by atoms with van der Waals surface area (Å²) in [6.45, 7) is 6.60. The Bertz CT molecular complexity index is 543. The molecule has 1 saturated heterocycles. The summed E-state index contributed by atoms with van der Waals surface area (Å²) in [6, 6.07) is 6.49. The van der Waals surface area contributed by atoms with Gasteiger partial charge < -0.3 is 5.32 Å². The molecule has 1 spiro atoms. The Morgan fingerprint density at radius 3 is 2.80 bits per heavy atom. The average molecular weight is 289 g/mol. The fraction of sp³-hybridized carbons (Fsp3) is 0.562. The third-order valence-electron chi connectivity index (χ3n) is 4.62. The Balaban J connectivity index is 1.85. The van der Waals surface area contributed by atoms with E-state index in [9.17, 15) is 0 Å². The van der Waals surface area contributed by atoms with Crippen LogP contribution in [-0.2, 0) is 0 Å². The Labute approximate surface area is 126 Å². The molecule has 2 N–H and O–H groups in total. The van der Waals surface area contributed by atoms with Crippen molar-refractivity contribution in [3.05, 3.63) is 29.3 Å². The van der Waals surface area contributed by atoms with Gasteiger partial charge in [0.05, 0.1) is 5.69 Å². The van der Waals surface area contributed by atoms with Gasteiger partial charge in [0.1, 0.15) is 5.66 Å². The molecule has 20 heavy (non-hydrogen) atoms. The first-order valence-electron chi connectivity index (χ1n) is 7.46. The van der Waals surface area contributed by atoms with Crippen molar-refractivity contribution in [3.8, 4) is 0 Å². The lowest BCUT2D eigenvalue weighted by molar-refractivity contribution is 0.192. The van der Waals surface area contributed by atoms with Crippen LogP contribution in [0, 0.1) is 19.8 Å². The third-order valence-corrected chi connectivity index (χ3v) is 4.91. The van der Waals surface area contributed by atoms with Gasteiger partial charge in [-0.15, -0.1) is 0 Å². The number of hydrogen-bond acceptors (Lipinski definition) is 2. The number of benzene rings is 1. The van der Waals surface area contributed by atoms with Crippen molar-refractivity contribution in [1.82, 2.24) is 10.7 Å². The molecule has 3 nitrogen and oxygen atoms in total. The molecule has 1 heterocycles. The van der Waals surface area contributed by atoms with E-state index in [4.69, 9.17) is 12.2 Å². The van der Waals surface area contributed by atoms with E-state index in [0.717, 1.165) is 29.6 Å². The molecule has 2 atom stereocenters. The minimum absolute atomic E-state index is 0.0342. The molecule has 0 bridgehead atoms. The Morgan fingerprint density at radius 1 is 1.30 bits per heavy atom. The lowest BCUT2D eigenvalue weighted by atomic mass is 9.83. The molecule has 1 aromatic rings. The highest BCUT2D eigenvalue weighted by Crippen LogP contribution is 2.34. The molecule has 108 valence electrons. The van der Waals surface area contributed by atoms with Crippen molar-refractivity contribution in [2.24, 2.45) is 5.92 Å². The van der Waals surface area contributed by atoms with Crippen molar-refractivity contribution in [1.29, 1.82) is 0 Å². The second-order valence-corrected chi connectivity index (χ2v) is 6.82. The lowest BCUT2D eigenvalue weighted by Crippen LogP contribution is -2.53. The minimum atomic E-state index is -0.0342. The number of nitrogens with one attached hydrogen (secondary N) is 2. The smallest absolute Gasteiger partial charge is 0.189 e. The lowest BCUT2D eigenvalue weighted by Gasteiger charge is -2.36. The molecular formula is C16H23N3S. The highest BCUT2D eigenvalue weighted by molar-refractivity contribution is 7.80. The summed E-state index contributed by atoms with van der Waals surface area (Å²) < 4.78 is 0. The first-order valence-corrected chi connectivity index (χ1v) is 7.87. The van der Waals surface area contributed by atoms with Gasteiger partial charge in [-0.2, -0.15) is 0 Å². The SMILES string of the molecule is Cc1ccc(N2NC3(CCCC(C)C3)NC2=S)cc1C. The third kappa shape index (κ3) is 2.42. The summed E-state index contributed by atoms with van der Waals surface area (Å²) in [4.78, 5) is 0. The van der Waals surface area contributed by atoms with Crippen LogP contribution in [-0.4, -0.2) is 10.8 Å². The van der Waals surface area contributed by atoms with Gasteiger partial charge in [-0.1, -0.05) is 19.4 Å². The Morgan fingerprint density at radius 2 is 2.10 bits per heavy atom. The zero-order chi connectivity index (χ0) is 14.3. The molecule has 1 aromatic carbocycles. The van der Waals surface area contributed by atoms with Crippen LogP contribution in [0.3, 0.4) is 0 Å². The molecule has 3 rings (SSSR count). The maximum atomic E-state index is 5.54. The highest BCUT2D eigenvalue weighted by Gasteiger charge is 2.43. The summed E-state index contributed by atoms with van der Waals surface area (Å²) in [5.74, 6) is 0.742. The molecule has 0 aromatic heterocycles. The van der Waals surface area contributed by atoms with E-state index in [2.05, 4.69) is 49.7 Å². The van der Waals surface area contributed by atoms with Crippen molar-refractivity contribution in [3.63, 3.8) is 0 Å². The fourth-order valence-corrected chi connectivity index (χ4v) is 3.71. The van der Waals surface area contributed by atoms with Crippen LogP contribution < -0.4 is 15.8 Å². The van der Waals surface area contributed by atoms with Gasteiger partial charge in [-0.05, 0) is 74.5 Å². The molecule has 2 aliphatic rings. The number of hydrazine groups is 1. The van der Waals surface area contributed by atoms with E-state index >= 15 is 0 Å². The number of rotatable bonds is 1. The minimum Gasteiger partial charge on any atom is -0.342 e. The quantitative estimate of drug-likeness (QED) is 0.775. The molecule has 0 radical (unpaired) electrons. The van der Waals surface area contributed by atoms with Gasteiger partial charge in [-0.25, -0.2) is 5.43 Å². The van der Waals surface area contributed by atoms with Crippen LogP contribution in [0.5, 0.6) is 0 Å². The molecule has 1 aliphatic heterocycles. The van der Waals surface area contributed by atoms with Crippen molar-refractivity contribution >= 4 is 23.0 Å². The van der Waals surface area contributed by atoms with Crippen molar-refractivity contribution in [2.45, 2.75) is 52.1 Å². The van der Waals surface area contributed by atoms with Gasteiger partial charge in [0.25, 0.3) is 0 Å². The molecular weight excluding hydrogens is 266 g/mol. The second kappa shape index (κ2) is 5.01. The summed E-state index contributed by atoms with van der Waals surface area (Å²) >= 11 is 5.54. The number of aryl methyl sites for hydroxylation is 2. The second-order valence-electron chi connectivity index (χ2n) is 6.43. The van der Waals surface area contributed by atoms with E-state index in [0.29, 0.717) is 0 Å². The largest absolute Gasteiger partial charge is 0.342 e. The van der Waals surface area contributed by atoms with Gasteiger partial charge in [0, 0.05) is 0 Å². The van der Waals surface area contributed by atoms with Gasteiger partial charge in [-0.3, -0.25) is 5.01 Å². The van der Waals surface area contributed by atoms with Crippen LogP contribution in [0.4, 0.5) is 5.69 Å². The predicted octanol–water partition coefficient (Wildman–Crippen LogP) is 3.41. The van der Waals surface area contributed by atoms with E-state index in [-0.39, 0.29) is 5.66 Å². The molecule has 1 aliphatic carbocycles. The molecule has 2 fully saturated rings. The summed E-state index contributed by atoms with van der Waals surface area (Å²) in [5, 5.41) is 6.36. The summed E-state index contributed by atoms with van der Waals surface area (Å²) in [5.41, 5.74) is 7.33. The molecule has 1 saturated carbocycles. The first kappa shape index (κ1) is 13.8. The highest BCUT2D eigenvalue weighted by atomic mass is 32.1. The first-order chi connectivity index (χ1) is 9.49. The number of anilines is 1. The molecule has 2 unspecified atom stereocenters. The fourth-order valence-electron chi connectivity index (χ4n) is 3.37. The van der Waals surface area contributed by atoms with Crippen molar-refractivity contribution < 1.29 is 0 Å². The van der Waals surface area contributed by atoms with E-state index in [1.54, 1.807) is 0 Å². The van der Waals surface area contributed by atoms with Crippen LogP contribution in [0.2, 0.25) is 0 Å². The van der Waals surface area contributed by atoms with Crippen LogP contribution in [0.15, 0.2) is 18.2 Å². The summed E-state index contributed by atoms with van der Waals surface area (Å²) in [6.07, 6.45) is 4.85. The number of nitrogens with zero attached hydrogens (tertiary/aromatic N) is 1. The maximum Gasteiger partial charge on any atom is 0.189 e. The maximum absolute atomic E-state index is 5.54. The normalized spacial score (nSPS) is 29.9. The standard InChI is InChI=1S/C16H23N3S/c1-11-5-4-8-16(10-11)17-15(20)19(18-16)14-7-6-12(2)13(3)9-14/h6-7,9,11,18H,4-5,8,10H2,1-3H3,(H,17,20). The van der Waals surface area contributed by atoms with Gasteiger partial charge in [0.15, 0.2) is 5.11 Å². The average Bonchev–Trinajstić information content (AvgIpc) is 2.69. The molecule has 0 amide bonds. The monoisotopic (exact) mass is 289 g/mol. The number of thiocarbonyl (C=S) groups is 1. The Hall–Kier alpha value is -1.13. The van der Waals surface area contributed by atoms with E-state index < -0.39 is 0 Å². The molecule has 4 heteroatoms. The van der Waals surface area contributed by atoms with Crippen LogP contribution in [0.1, 0.15) is 43.7 Å².